The van der Waals surface area contributed by atoms with Crippen molar-refractivity contribution in [2.45, 2.75) is 12.8 Å². The zero-order chi connectivity index (χ0) is 17.8. The molecule has 0 saturated carbocycles. The molecule has 0 radical (unpaired) electrons. The summed E-state index contributed by atoms with van der Waals surface area (Å²) in [4.78, 5) is 16.3. The first-order valence-corrected chi connectivity index (χ1v) is 8.61. The quantitative estimate of drug-likeness (QED) is 0.587. The molecule has 0 aliphatic heterocycles. The van der Waals surface area contributed by atoms with Crippen molar-refractivity contribution in [2.75, 3.05) is 5.32 Å². The van der Waals surface area contributed by atoms with Crippen molar-refractivity contribution in [3.8, 4) is 11.3 Å². The highest BCUT2D eigenvalue weighted by Crippen LogP contribution is 2.29. The molecule has 1 heterocycles. The Morgan fingerprint density at radius 3 is 2.60 bits per heavy atom. The summed E-state index contributed by atoms with van der Waals surface area (Å²) in [6.45, 7) is 0. The van der Waals surface area contributed by atoms with E-state index < -0.39 is 0 Å². The molecule has 2 aromatic carbocycles. The molecule has 0 aliphatic rings. The summed E-state index contributed by atoms with van der Waals surface area (Å²) in [6, 6.07) is 12.3. The minimum atomic E-state index is -0.199. The van der Waals surface area contributed by atoms with Crippen LogP contribution in [0.2, 0.25) is 15.1 Å². The minimum Gasteiger partial charge on any atom is -0.441 e. The molecule has 3 aromatic rings. The number of aryl methyl sites for hydroxylation is 1. The Kier molecular flexibility index (Phi) is 5.63. The molecule has 0 atom stereocenters. The van der Waals surface area contributed by atoms with E-state index in [1.54, 1.807) is 36.5 Å². The van der Waals surface area contributed by atoms with E-state index in [1.807, 2.05) is 12.1 Å². The van der Waals surface area contributed by atoms with Crippen LogP contribution in [-0.4, -0.2) is 10.9 Å². The van der Waals surface area contributed by atoms with Crippen molar-refractivity contribution < 1.29 is 9.21 Å². The van der Waals surface area contributed by atoms with Gasteiger partial charge in [0, 0.05) is 23.4 Å². The summed E-state index contributed by atoms with van der Waals surface area (Å²) in [5.41, 5.74) is 1.35. The zero-order valence-corrected chi connectivity index (χ0v) is 15.2. The van der Waals surface area contributed by atoms with Crippen LogP contribution in [0.25, 0.3) is 11.3 Å². The number of aromatic nitrogens is 1. The number of rotatable bonds is 5. The lowest BCUT2D eigenvalue weighted by atomic mass is 10.2. The van der Waals surface area contributed by atoms with Gasteiger partial charge in [0.05, 0.1) is 21.9 Å². The molecule has 7 heteroatoms. The van der Waals surface area contributed by atoms with Crippen molar-refractivity contribution >= 4 is 46.4 Å². The fourth-order valence-electron chi connectivity index (χ4n) is 2.21. The van der Waals surface area contributed by atoms with Gasteiger partial charge in [-0.3, -0.25) is 4.79 Å². The van der Waals surface area contributed by atoms with Crippen LogP contribution in [0, 0.1) is 0 Å². The lowest BCUT2D eigenvalue weighted by Gasteiger charge is -2.07. The second kappa shape index (κ2) is 7.91. The Balaban J connectivity index is 1.59. The van der Waals surface area contributed by atoms with E-state index in [9.17, 15) is 4.79 Å². The standard InChI is InChI=1S/C18H13Cl3N2O2/c19-12-6-4-11(5-7-12)15-10-22-17(25-15)9-8-16(24)23-14-3-1-2-13(20)18(14)21/h1-7,10H,8-9H2,(H,23,24). The number of hydrogen-bond acceptors (Lipinski definition) is 3. The number of carbonyl (C=O) groups is 1. The van der Waals surface area contributed by atoms with E-state index in [2.05, 4.69) is 10.3 Å². The number of amides is 1. The first kappa shape index (κ1) is 17.8. The van der Waals surface area contributed by atoms with Crippen molar-refractivity contribution in [3.63, 3.8) is 0 Å². The van der Waals surface area contributed by atoms with Gasteiger partial charge in [0.1, 0.15) is 0 Å². The van der Waals surface area contributed by atoms with Crippen LogP contribution in [0.4, 0.5) is 5.69 Å². The molecule has 1 amide bonds. The van der Waals surface area contributed by atoms with Gasteiger partial charge in [-0.05, 0) is 36.4 Å². The maximum absolute atomic E-state index is 12.1. The van der Waals surface area contributed by atoms with Crippen LogP contribution in [-0.2, 0) is 11.2 Å². The SMILES string of the molecule is O=C(CCc1ncc(-c2ccc(Cl)cc2)o1)Nc1cccc(Cl)c1Cl. The van der Waals surface area contributed by atoms with Gasteiger partial charge in [0.2, 0.25) is 5.91 Å². The smallest absolute Gasteiger partial charge is 0.224 e. The van der Waals surface area contributed by atoms with E-state index in [1.165, 1.54) is 0 Å². The summed E-state index contributed by atoms with van der Waals surface area (Å²) in [6.07, 6.45) is 2.21. The van der Waals surface area contributed by atoms with Crippen molar-refractivity contribution in [2.24, 2.45) is 0 Å². The molecule has 128 valence electrons. The number of nitrogens with one attached hydrogen (secondary N) is 1. The van der Waals surface area contributed by atoms with Gasteiger partial charge in [-0.1, -0.05) is 40.9 Å². The normalized spacial score (nSPS) is 10.7. The molecule has 0 fully saturated rings. The topological polar surface area (TPSA) is 55.1 Å². The number of benzene rings is 2. The van der Waals surface area contributed by atoms with Crippen LogP contribution in [0.5, 0.6) is 0 Å². The highest BCUT2D eigenvalue weighted by molar-refractivity contribution is 6.44. The number of hydrogen-bond donors (Lipinski definition) is 1. The van der Waals surface area contributed by atoms with Gasteiger partial charge in [-0.15, -0.1) is 0 Å². The van der Waals surface area contributed by atoms with E-state index >= 15 is 0 Å². The third-order valence-electron chi connectivity index (χ3n) is 3.47. The lowest BCUT2D eigenvalue weighted by molar-refractivity contribution is -0.116. The Labute approximate surface area is 159 Å². The zero-order valence-electron chi connectivity index (χ0n) is 12.9. The molecule has 1 N–H and O–H groups in total. The molecule has 0 bridgehead atoms. The highest BCUT2D eigenvalue weighted by atomic mass is 35.5. The fraction of sp³-hybridized carbons (Fsp3) is 0.111. The van der Waals surface area contributed by atoms with E-state index in [-0.39, 0.29) is 12.3 Å². The van der Waals surface area contributed by atoms with E-state index in [4.69, 9.17) is 39.2 Å². The molecule has 3 rings (SSSR count). The Morgan fingerprint density at radius 2 is 1.84 bits per heavy atom. The fourth-order valence-corrected chi connectivity index (χ4v) is 2.68. The van der Waals surface area contributed by atoms with E-state index in [0.29, 0.717) is 38.8 Å². The molecule has 0 spiro atoms. The van der Waals surface area contributed by atoms with Crippen LogP contribution < -0.4 is 5.32 Å². The molecule has 0 unspecified atom stereocenters. The molecular formula is C18H13Cl3N2O2. The number of halogens is 3. The minimum absolute atomic E-state index is 0.199. The largest absolute Gasteiger partial charge is 0.441 e. The maximum atomic E-state index is 12.1. The lowest BCUT2D eigenvalue weighted by Crippen LogP contribution is -2.12. The van der Waals surface area contributed by atoms with E-state index in [0.717, 1.165) is 5.56 Å². The van der Waals surface area contributed by atoms with Crippen LogP contribution in [0.3, 0.4) is 0 Å². The Bertz CT molecular complexity index is 892. The highest BCUT2D eigenvalue weighted by Gasteiger charge is 2.11. The van der Waals surface area contributed by atoms with Crippen molar-refractivity contribution in [1.82, 2.24) is 4.98 Å². The molecule has 25 heavy (non-hydrogen) atoms. The monoisotopic (exact) mass is 394 g/mol. The first-order chi connectivity index (χ1) is 12.0. The molecule has 4 nitrogen and oxygen atoms in total. The van der Waals surface area contributed by atoms with Gasteiger partial charge in [-0.2, -0.15) is 0 Å². The van der Waals surface area contributed by atoms with Crippen LogP contribution >= 0.6 is 34.8 Å². The number of nitrogens with zero attached hydrogens (tertiary/aromatic N) is 1. The van der Waals surface area contributed by atoms with Crippen LogP contribution in [0.15, 0.2) is 53.1 Å². The van der Waals surface area contributed by atoms with Gasteiger partial charge in [0.25, 0.3) is 0 Å². The van der Waals surface area contributed by atoms with Gasteiger partial charge in [0.15, 0.2) is 11.7 Å². The number of anilines is 1. The van der Waals surface area contributed by atoms with Crippen LogP contribution in [0.1, 0.15) is 12.3 Å². The molecule has 1 aromatic heterocycles. The average Bonchev–Trinajstić information content (AvgIpc) is 3.07. The third kappa shape index (κ3) is 4.54. The first-order valence-electron chi connectivity index (χ1n) is 7.47. The van der Waals surface area contributed by atoms with Crippen molar-refractivity contribution in [1.29, 1.82) is 0 Å². The summed E-state index contributed by atoms with van der Waals surface area (Å²) in [5, 5.41) is 4.09. The molecule has 0 saturated heterocycles. The third-order valence-corrected chi connectivity index (χ3v) is 4.54. The van der Waals surface area contributed by atoms with Gasteiger partial charge >= 0.3 is 0 Å². The molecular weight excluding hydrogens is 383 g/mol. The second-order valence-electron chi connectivity index (χ2n) is 5.27. The summed E-state index contributed by atoms with van der Waals surface area (Å²) in [5.74, 6) is 0.915. The number of carbonyl (C=O) groups excluding carboxylic acids is 1. The maximum Gasteiger partial charge on any atom is 0.224 e. The predicted molar refractivity (Wildman–Crippen MR) is 100 cm³/mol. The number of oxazole rings is 1. The van der Waals surface area contributed by atoms with Gasteiger partial charge < -0.3 is 9.73 Å². The molecule has 0 aliphatic carbocycles. The predicted octanol–water partition coefficient (Wildman–Crippen LogP) is 5.87. The average molecular weight is 396 g/mol. The Morgan fingerprint density at radius 1 is 1.08 bits per heavy atom. The van der Waals surface area contributed by atoms with Crippen molar-refractivity contribution in [3.05, 3.63) is 69.6 Å². The second-order valence-corrected chi connectivity index (χ2v) is 6.50. The van der Waals surface area contributed by atoms with Gasteiger partial charge in [-0.25, -0.2) is 4.98 Å². The summed E-state index contributed by atoms with van der Waals surface area (Å²) >= 11 is 17.8. The summed E-state index contributed by atoms with van der Waals surface area (Å²) < 4.78 is 5.67. The Hall–Kier alpha value is -2.01. The summed E-state index contributed by atoms with van der Waals surface area (Å²) in [7, 11) is 0.